The van der Waals surface area contributed by atoms with Gasteiger partial charge in [0.1, 0.15) is 6.04 Å². The maximum Gasteiger partial charge on any atom is 0.490 e. The van der Waals surface area contributed by atoms with Crippen LogP contribution in [-0.2, 0) is 24.4 Å². The molecule has 13 nitrogen and oxygen atoms in total. The van der Waals surface area contributed by atoms with Gasteiger partial charge in [0.15, 0.2) is 5.96 Å². The molecule has 0 bridgehead atoms. The van der Waals surface area contributed by atoms with Gasteiger partial charge in [0, 0.05) is 37.1 Å². The average molecular weight is 593 g/mol. The molecule has 0 aromatic heterocycles. The Hall–Kier alpha value is -4.12. The summed E-state index contributed by atoms with van der Waals surface area (Å²) < 4.78 is 60.2. The Labute approximate surface area is 228 Å². The smallest absolute Gasteiger partial charge is 0.480 e. The van der Waals surface area contributed by atoms with E-state index in [9.17, 15) is 36.3 Å². The molecule has 0 saturated heterocycles. The first kappa shape index (κ1) is 33.9. The first-order valence-electron chi connectivity index (χ1n) is 11.5. The number of carboxylic acids is 2. The largest absolute Gasteiger partial charge is 0.490 e. The highest BCUT2D eigenvalue weighted by molar-refractivity contribution is 7.89. The molecule has 17 heteroatoms. The Kier molecular flexibility index (Phi) is 12.1. The molecule has 2 atom stereocenters. The molecular formula is C23H31F3N6O7S. The van der Waals surface area contributed by atoms with E-state index in [1.165, 1.54) is 13.0 Å². The number of rotatable bonds is 11. The lowest BCUT2D eigenvalue weighted by Gasteiger charge is -2.20. The van der Waals surface area contributed by atoms with Gasteiger partial charge in [-0.15, -0.1) is 0 Å². The zero-order chi connectivity index (χ0) is 30.8. The zero-order valence-corrected chi connectivity index (χ0v) is 22.6. The molecular weight excluding hydrogens is 561 g/mol. The molecule has 2 aromatic rings. The highest BCUT2D eigenvalue weighted by atomic mass is 32.2. The van der Waals surface area contributed by atoms with Gasteiger partial charge < -0.3 is 31.9 Å². The number of alkyl halides is 3. The third-order valence-corrected chi connectivity index (χ3v) is 6.76. The number of carboxylic acid groups (broad SMARTS) is 2. The van der Waals surface area contributed by atoms with Crippen LogP contribution in [0, 0.1) is 0 Å². The minimum Gasteiger partial charge on any atom is -0.480 e. The highest BCUT2D eigenvalue weighted by Crippen LogP contribution is 2.30. The van der Waals surface area contributed by atoms with Crippen LogP contribution in [0.5, 0.6) is 0 Å². The number of amides is 1. The zero-order valence-electron chi connectivity index (χ0n) is 21.8. The summed E-state index contributed by atoms with van der Waals surface area (Å²) in [7, 11) is -0.367. The number of carbonyl (C=O) groups excluding carboxylic acids is 1. The van der Waals surface area contributed by atoms with Gasteiger partial charge in [0.25, 0.3) is 0 Å². The Morgan fingerprint density at radius 3 is 2.10 bits per heavy atom. The summed E-state index contributed by atoms with van der Waals surface area (Å²) in [6.07, 6.45) is -4.69. The van der Waals surface area contributed by atoms with Gasteiger partial charge >= 0.3 is 18.1 Å². The van der Waals surface area contributed by atoms with Crippen molar-refractivity contribution in [3.05, 3.63) is 36.4 Å². The lowest BCUT2D eigenvalue weighted by atomic mass is 10.1. The average Bonchev–Trinajstić information content (AvgIpc) is 2.84. The number of carbonyl (C=O) groups is 3. The SMILES string of the molecule is C[C@H](NS(=O)(=O)c1cccc2c(N(C)C)cccc12)C(=O)N[C@@H](CCCN=C(N)N)C(=O)O.O=C(O)C(F)(F)F. The first-order chi connectivity index (χ1) is 18.4. The van der Waals surface area contributed by atoms with Crippen molar-refractivity contribution in [3.8, 4) is 0 Å². The number of hydrogen-bond acceptors (Lipinski definition) is 7. The maximum atomic E-state index is 13.1. The normalized spacial score (nSPS) is 12.8. The first-order valence-corrected chi connectivity index (χ1v) is 13.0. The number of nitrogens with one attached hydrogen (secondary N) is 2. The topological polar surface area (TPSA) is 218 Å². The van der Waals surface area contributed by atoms with Crippen molar-refractivity contribution in [2.75, 3.05) is 25.5 Å². The van der Waals surface area contributed by atoms with E-state index in [0.29, 0.717) is 11.8 Å². The second-order valence-electron chi connectivity index (χ2n) is 8.52. The van der Waals surface area contributed by atoms with Crippen LogP contribution < -0.4 is 26.4 Å². The Morgan fingerprint density at radius 1 is 1.05 bits per heavy atom. The van der Waals surface area contributed by atoms with Crippen molar-refractivity contribution in [3.63, 3.8) is 0 Å². The fourth-order valence-corrected chi connectivity index (χ4v) is 4.72. The monoisotopic (exact) mass is 592 g/mol. The lowest BCUT2D eigenvalue weighted by Crippen LogP contribution is -2.50. The molecule has 0 heterocycles. The number of aliphatic imine (C=N–C) groups is 1. The van der Waals surface area contributed by atoms with E-state index >= 15 is 0 Å². The standard InChI is InChI=1S/C21H30N6O5S.C2HF3O2/c1-13(19(28)25-16(20(29)30)9-6-12-24-21(22)23)26-33(31,32)18-11-5-7-14-15(18)8-4-10-17(14)27(2)3;3-2(4,5)1(6)7/h4-5,7-8,10-11,13,16,26H,6,9,12H2,1-3H3,(H,25,28)(H,29,30)(H4,22,23,24);(H,6,7)/t13-,16-;/m0./s1. The molecule has 1 amide bonds. The number of hydrogen-bond donors (Lipinski definition) is 6. The van der Waals surface area contributed by atoms with E-state index in [-0.39, 0.29) is 23.8 Å². The number of fused-ring (bicyclic) bond motifs is 1. The van der Waals surface area contributed by atoms with Crippen molar-refractivity contribution in [1.82, 2.24) is 10.0 Å². The molecule has 0 aliphatic carbocycles. The molecule has 0 aliphatic heterocycles. The molecule has 2 rings (SSSR count). The summed E-state index contributed by atoms with van der Waals surface area (Å²) in [6, 6.07) is 7.82. The van der Waals surface area contributed by atoms with Gasteiger partial charge in [-0.2, -0.15) is 17.9 Å². The van der Waals surface area contributed by atoms with E-state index in [2.05, 4.69) is 15.0 Å². The van der Waals surface area contributed by atoms with Crippen LogP contribution in [-0.4, -0.2) is 81.3 Å². The number of nitrogens with zero attached hydrogens (tertiary/aromatic N) is 2. The van der Waals surface area contributed by atoms with Crippen molar-refractivity contribution >= 4 is 50.3 Å². The maximum absolute atomic E-state index is 13.1. The third kappa shape index (κ3) is 10.2. The van der Waals surface area contributed by atoms with Crippen LogP contribution in [0.2, 0.25) is 0 Å². The van der Waals surface area contributed by atoms with Gasteiger partial charge in [-0.05, 0) is 31.9 Å². The number of nitrogens with two attached hydrogens (primary N) is 2. The molecule has 2 aromatic carbocycles. The number of halogens is 3. The molecule has 0 saturated carbocycles. The lowest BCUT2D eigenvalue weighted by molar-refractivity contribution is -0.192. The van der Waals surface area contributed by atoms with E-state index < -0.39 is 46.1 Å². The number of anilines is 1. The molecule has 0 radical (unpaired) electrons. The summed E-state index contributed by atoms with van der Waals surface area (Å²) in [4.78, 5) is 38.6. The van der Waals surface area contributed by atoms with Crippen molar-refractivity contribution in [2.24, 2.45) is 16.5 Å². The predicted octanol–water partition coefficient (Wildman–Crippen LogP) is 0.829. The van der Waals surface area contributed by atoms with Crippen molar-refractivity contribution in [1.29, 1.82) is 0 Å². The van der Waals surface area contributed by atoms with E-state index in [0.717, 1.165) is 11.1 Å². The Balaban J connectivity index is 0.00000101. The quantitative estimate of drug-likeness (QED) is 0.123. The number of sulfonamides is 1. The third-order valence-electron chi connectivity index (χ3n) is 5.16. The van der Waals surface area contributed by atoms with Crippen LogP contribution in [0.3, 0.4) is 0 Å². The summed E-state index contributed by atoms with van der Waals surface area (Å²) in [5.41, 5.74) is 11.3. The predicted molar refractivity (Wildman–Crippen MR) is 141 cm³/mol. The number of benzene rings is 2. The van der Waals surface area contributed by atoms with Gasteiger partial charge in [-0.3, -0.25) is 9.79 Å². The minimum atomic E-state index is -5.08. The molecule has 0 spiro atoms. The number of guanidine groups is 1. The van der Waals surface area contributed by atoms with Crippen molar-refractivity contribution in [2.45, 2.75) is 42.9 Å². The van der Waals surface area contributed by atoms with Gasteiger partial charge in [0.2, 0.25) is 15.9 Å². The van der Waals surface area contributed by atoms with Gasteiger partial charge in [0.05, 0.1) is 10.9 Å². The summed E-state index contributed by atoms with van der Waals surface area (Å²) in [5, 5.41) is 20.1. The Morgan fingerprint density at radius 2 is 1.60 bits per heavy atom. The van der Waals surface area contributed by atoms with Crippen LogP contribution in [0.25, 0.3) is 10.8 Å². The van der Waals surface area contributed by atoms with Gasteiger partial charge in [-0.25, -0.2) is 18.0 Å². The molecule has 8 N–H and O–H groups in total. The van der Waals surface area contributed by atoms with Crippen LogP contribution in [0.1, 0.15) is 19.8 Å². The van der Waals surface area contributed by atoms with Crippen LogP contribution in [0.15, 0.2) is 46.3 Å². The van der Waals surface area contributed by atoms with E-state index in [1.54, 1.807) is 18.2 Å². The number of aliphatic carboxylic acids is 2. The molecule has 222 valence electrons. The second kappa shape index (κ2) is 14.3. The fraction of sp³-hybridized carbons (Fsp3) is 0.391. The summed E-state index contributed by atoms with van der Waals surface area (Å²) in [5.74, 6) is -4.87. The minimum absolute atomic E-state index is 0.0235. The van der Waals surface area contributed by atoms with Gasteiger partial charge in [-0.1, -0.05) is 24.3 Å². The van der Waals surface area contributed by atoms with E-state index in [4.69, 9.17) is 21.4 Å². The highest BCUT2D eigenvalue weighted by Gasteiger charge is 2.38. The second-order valence-corrected chi connectivity index (χ2v) is 10.2. The molecule has 0 fully saturated rings. The fourth-order valence-electron chi connectivity index (χ4n) is 3.30. The molecule has 0 aliphatic rings. The van der Waals surface area contributed by atoms with Crippen LogP contribution in [0.4, 0.5) is 18.9 Å². The summed E-state index contributed by atoms with van der Waals surface area (Å²) in [6.45, 7) is 1.56. The Bertz CT molecular complexity index is 1350. The molecule has 40 heavy (non-hydrogen) atoms. The molecule has 0 unspecified atom stereocenters. The van der Waals surface area contributed by atoms with Crippen molar-refractivity contribution < 1.29 is 46.2 Å². The van der Waals surface area contributed by atoms with E-state index in [1.807, 2.05) is 31.1 Å². The van der Waals surface area contributed by atoms with Crippen LogP contribution >= 0.6 is 0 Å². The summed E-state index contributed by atoms with van der Waals surface area (Å²) >= 11 is 0.